The summed E-state index contributed by atoms with van der Waals surface area (Å²) in [5.74, 6) is -8.24. The summed E-state index contributed by atoms with van der Waals surface area (Å²) in [7, 11) is 0. The monoisotopic (exact) mass is 685 g/mol. The number of amides is 1. The number of aromatic hydroxyl groups is 2. The average Bonchev–Trinajstić information content (AvgIpc) is 3.05. The van der Waals surface area contributed by atoms with E-state index < -0.39 is 111 Å². The molecule has 2 heterocycles. The fraction of sp³-hybridized carbons (Fsp3) is 0.500. The number of hydrogen-bond donors (Lipinski definition) is 7. The van der Waals surface area contributed by atoms with E-state index in [1.54, 1.807) is 40.7 Å². The van der Waals surface area contributed by atoms with Gasteiger partial charge in [0, 0.05) is 40.7 Å². The van der Waals surface area contributed by atoms with Gasteiger partial charge < -0.3 is 36.0 Å². The number of allylic oxidation sites excluding steroid dienone is 5. The van der Waals surface area contributed by atoms with Gasteiger partial charge in [0.05, 0.1) is 46.0 Å². The van der Waals surface area contributed by atoms with Gasteiger partial charge in [-0.1, -0.05) is 58.9 Å². The molecule has 2 aliphatic heterocycles. The highest BCUT2D eigenvalue weighted by Gasteiger charge is 2.42. The Morgan fingerprint density at radius 1 is 0.646 bits per heavy atom. The lowest BCUT2D eigenvalue weighted by Crippen LogP contribution is -2.45. The molecule has 7 N–H and O–H groups in total. The summed E-state index contributed by atoms with van der Waals surface area (Å²) in [6, 6.07) is 0. The molecule has 0 spiro atoms. The van der Waals surface area contributed by atoms with Gasteiger partial charge in [-0.05, 0) is 32.6 Å². The summed E-state index contributed by atoms with van der Waals surface area (Å²) >= 11 is 0.849. The lowest BCUT2D eigenvalue weighted by Gasteiger charge is -2.36. The molecule has 1 amide bonds. The van der Waals surface area contributed by atoms with Crippen LogP contribution in [0.4, 0.5) is 0 Å². The van der Waals surface area contributed by atoms with E-state index in [9.17, 15) is 49.8 Å². The number of aliphatic hydroxyl groups excluding tert-OH is 4. The summed E-state index contributed by atoms with van der Waals surface area (Å²) in [6.45, 7) is 12.4. The minimum Gasteiger partial charge on any atom is -0.507 e. The molecule has 262 valence electrons. The van der Waals surface area contributed by atoms with E-state index in [0.717, 1.165) is 11.8 Å². The van der Waals surface area contributed by atoms with Crippen LogP contribution in [0.15, 0.2) is 46.1 Å². The molecule has 0 saturated heterocycles. The van der Waals surface area contributed by atoms with Crippen LogP contribution in [0.3, 0.4) is 0 Å². The minimum absolute atomic E-state index is 0.00493. The first-order chi connectivity index (χ1) is 22.3. The third-order valence-corrected chi connectivity index (χ3v) is 10.6. The lowest BCUT2D eigenvalue weighted by molar-refractivity contribution is -0.116. The van der Waals surface area contributed by atoms with Gasteiger partial charge in [0.1, 0.15) is 17.2 Å². The van der Waals surface area contributed by atoms with E-state index >= 15 is 0 Å². The number of fused-ring (bicyclic) bond motifs is 15. The van der Waals surface area contributed by atoms with E-state index in [2.05, 4.69) is 5.32 Å². The highest BCUT2D eigenvalue weighted by atomic mass is 32.2. The van der Waals surface area contributed by atoms with Crippen molar-refractivity contribution >= 4 is 35.0 Å². The number of thioether (sulfide) groups is 1. The van der Waals surface area contributed by atoms with E-state index in [0.29, 0.717) is 0 Å². The maximum absolute atomic E-state index is 13.9. The predicted octanol–water partition coefficient (Wildman–Crippen LogP) is 3.75. The first-order valence-electron chi connectivity index (χ1n) is 15.9. The van der Waals surface area contributed by atoms with Gasteiger partial charge in [-0.2, -0.15) is 0 Å². The molecule has 11 nitrogen and oxygen atoms in total. The van der Waals surface area contributed by atoms with Crippen LogP contribution < -0.4 is 5.32 Å². The van der Waals surface area contributed by atoms with Crippen LogP contribution >= 0.6 is 11.8 Å². The predicted molar refractivity (Wildman–Crippen MR) is 183 cm³/mol. The zero-order chi connectivity index (χ0) is 36.5. The van der Waals surface area contributed by atoms with Gasteiger partial charge in [0.15, 0.2) is 5.78 Å². The van der Waals surface area contributed by atoms with Gasteiger partial charge in [-0.25, -0.2) is 0 Å². The van der Waals surface area contributed by atoms with Gasteiger partial charge in [0.25, 0.3) is 5.91 Å². The Kier molecular flexibility index (Phi) is 12.4. The SMILES string of the molecule is CSC1=C2NC(=O)/C(C)=C/C=C\[C@H](C)[C@H](O)[C@@H](C)[C@@H](O)[C@@H](C)[C@@H](O)[C@@H](C)[C@@H](O)[C@@H](C)/C=C(\C)C(=O)c3c(O)c(C)c(O)c(c3C1=O)C2=O. The first-order valence-corrected chi connectivity index (χ1v) is 17.1. The number of carbonyl (C=O) groups is 4. The fourth-order valence-electron chi connectivity index (χ4n) is 6.35. The van der Waals surface area contributed by atoms with Gasteiger partial charge >= 0.3 is 0 Å². The van der Waals surface area contributed by atoms with Crippen molar-refractivity contribution in [2.24, 2.45) is 29.6 Å². The van der Waals surface area contributed by atoms with Crippen molar-refractivity contribution in [3.8, 4) is 11.5 Å². The number of benzene rings is 1. The average molecular weight is 686 g/mol. The highest BCUT2D eigenvalue weighted by Crippen LogP contribution is 2.44. The number of rotatable bonds is 1. The zero-order valence-corrected chi connectivity index (χ0v) is 29.5. The topological polar surface area (TPSA) is 202 Å². The number of nitrogens with one attached hydrogen (secondary N) is 1. The van der Waals surface area contributed by atoms with Gasteiger partial charge in [-0.3, -0.25) is 19.2 Å². The number of phenols is 2. The molecule has 9 atom stereocenters. The fourth-order valence-corrected chi connectivity index (χ4v) is 6.98. The molecule has 4 rings (SSSR count). The van der Waals surface area contributed by atoms with Crippen LogP contribution in [-0.2, 0) is 4.79 Å². The minimum atomic E-state index is -1.21. The Morgan fingerprint density at radius 2 is 1.12 bits per heavy atom. The largest absolute Gasteiger partial charge is 0.507 e. The van der Waals surface area contributed by atoms with Crippen molar-refractivity contribution in [2.75, 3.05) is 6.26 Å². The highest BCUT2D eigenvalue weighted by molar-refractivity contribution is 8.03. The number of ketones is 3. The Hall–Kier alpha value is -3.55. The molecule has 0 fully saturated rings. The number of phenolic OH excluding ortho intramolecular Hbond substituents is 2. The Labute approximate surface area is 285 Å². The Bertz CT molecular complexity index is 1620. The molecular weight excluding hydrogens is 638 g/mol. The first kappa shape index (κ1) is 38.9. The van der Waals surface area contributed by atoms with E-state index in [1.165, 1.54) is 45.3 Å². The van der Waals surface area contributed by atoms with E-state index in [-0.39, 0.29) is 21.6 Å². The van der Waals surface area contributed by atoms with Crippen LogP contribution in [0.5, 0.6) is 11.5 Å². The quantitative estimate of drug-likeness (QED) is 0.227. The zero-order valence-electron chi connectivity index (χ0n) is 28.7. The van der Waals surface area contributed by atoms with Crippen molar-refractivity contribution < 1.29 is 49.8 Å². The molecule has 1 aliphatic carbocycles. The van der Waals surface area contributed by atoms with Crippen molar-refractivity contribution in [2.45, 2.75) is 79.8 Å². The third kappa shape index (κ3) is 7.23. The number of carbonyl (C=O) groups excluding carboxylic acids is 4. The van der Waals surface area contributed by atoms with Gasteiger partial charge in [-0.15, -0.1) is 11.8 Å². The molecule has 0 aromatic heterocycles. The molecule has 1 aromatic rings. The standard InChI is InChI=1S/C36H47NO10S/c1-14-11-10-12-15(2)36(47)37-25-33(45)24-22(34(46)35(25)48-9)23(31(43)21(8)32(24)44)28(40)17(4)13-16(3)27(39)19(6)30(42)20(7)29(41)18(5)26(14)38/h10-14,16,18-20,26-27,29-30,38-39,41-44H,1-9H3,(H,37,47)/b11-10-,15-12+,17-13+/t14-,16-,18+,19-,20+,26-,27-,29+,30-/m0/s1. The molecule has 1 aromatic carbocycles. The van der Waals surface area contributed by atoms with Crippen LogP contribution in [0, 0.1) is 36.5 Å². The van der Waals surface area contributed by atoms with Crippen LogP contribution in [0.2, 0.25) is 0 Å². The molecule has 0 saturated carbocycles. The molecular formula is C36H47NO10S. The second-order valence-electron chi connectivity index (χ2n) is 13.1. The summed E-state index contributed by atoms with van der Waals surface area (Å²) < 4.78 is 0. The summed E-state index contributed by atoms with van der Waals surface area (Å²) in [6.07, 6.45) is 2.92. The van der Waals surface area contributed by atoms with E-state index in [4.69, 9.17) is 0 Å². The third-order valence-electron chi connectivity index (χ3n) is 9.77. The second kappa shape index (κ2) is 15.3. The number of aliphatic hydroxyl groups is 4. The lowest BCUT2D eigenvalue weighted by atomic mass is 9.77. The van der Waals surface area contributed by atoms with Crippen molar-refractivity contribution in [3.05, 3.63) is 68.3 Å². The maximum atomic E-state index is 13.9. The molecule has 0 unspecified atom stereocenters. The van der Waals surface area contributed by atoms with Crippen molar-refractivity contribution in [1.29, 1.82) is 0 Å². The Balaban J connectivity index is 2.28. The second-order valence-corrected chi connectivity index (χ2v) is 14.0. The molecule has 48 heavy (non-hydrogen) atoms. The van der Waals surface area contributed by atoms with Crippen molar-refractivity contribution in [3.63, 3.8) is 0 Å². The van der Waals surface area contributed by atoms with Gasteiger partial charge in [0.2, 0.25) is 11.6 Å². The Morgan fingerprint density at radius 3 is 1.65 bits per heavy atom. The summed E-state index contributed by atoms with van der Waals surface area (Å²) in [4.78, 5) is 54.7. The van der Waals surface area contributed by atoms with Crippen LogP contribution in [-0.4, -0.2) is 84.6 Å². The maximum Gasteiger partial charge on any atom is 0.251 e. The molecule has 4 bridgehead atoms. The smallest absolute Gasteiger partial charge is 0.251 e. The van der Waals surface area contributed by atoms with Crippen LogP contribution in [0.25, 0.3) is 0 Å². The van der Waals surface area contributed by atoms with Crippen molar-refractivity contribution in [1.82, 2.24) is 5.32 Å². The number of Topliss-reactive ketones (excluding diaryl/α,β-unsaturated/α-hetero) is 3. The molecule has 12 heteroatoms. The normalized spacial score (nSPS) is 34.3. The molecule has 0 radical (unpaired) electrons. The van der Waals surface area contributed by atoms with E-state index in [1.807, 2.05) is 0 Å². The summed E-state index contributed by atoms with van der Waals surface area (Å²) in [5, 5.41) is 69.0. The molecule has 3 aliphatic rings. The number of hydrogen-bond acceptors (Lipinski definition) is 11. The summed E-state index contributed by atoms with van der Waals surface area (Å²) in [5.41, 5.74) is -2.01. The van der Waals surface area contributed by atoms with Crippen LogP contribution in [0.1, 0.15) is 85.1 Å².